The second-order valence-electron chi connectivity index (χ2n) is 9.33. The molecule has 2 fully saturated rings. The molecular weight excluding hydrogens is 528 g/mol. The van der Waals surface area contributed by atoms with Crippen molar-refractivity contribution in [2.24, 2.45) is 5.92 Å². The Kier molecular flexibility index (Phi) is 12.9. The van der Waals surface area contributed by atoms with E-state index in [1.54, 1.807) is 0 Å². The Morgan fingerprint density at radius 2 is 1.76 bits per heavy atom. The largest absolute Gasteiger partial charge is 0.490 e. The maximum Gasteiger partial charge on any atom is 0.490 e. The molecule has 2 saturated heterocycles. The maximum atomic E-state index is 10.6. The van der Waals surface area contributed by atoms with Gasteiger partial charge in [0.05, 0.1) is 19.8 Å². The van der Waals surface area contributed by atoms with Crippen LogP contribution in [0.4, 0.5) is 26.3 Å². The molecule has 3 rings (SSSR count). The molecule has 0 amide bonds. The van der Waals surface area contributed by atoms with E-state index in [1.807, 2.05) is 18.5 Å². The molecule has 15 heteroatoms. The van der Waals surface area contributed by atoms with Crippen molar-refractivity contribution in [3.05, 3.63) is 30.1 Å². The normalized spacial score (nSPS) is 22.3. The fourth-order valence-corrected chi connectivity index (χ4v) is 3.75. The molecule has 0 bridgehead atoms. The van der Waals surface area contributed by atoms with Crippen LogP contribution in [0.1, 0.15) is 25.8 Å². The number of hydrogen-bond acceptors (Lipinski definition) is 7. The number of aromatic nitrogens is 1. The highest BCUT2D eigenvalue weighted by Gasteiger charge is 2.43. The van der Waals surface area contributed by atoms with Crippen molar-refractivity contribution in [2.75, 3.05) is 46.5 Å². The van der Waals surface area contributed by atoms with Crippen molar-refractivity contribution in [1.82, 2.24) is 14.8 Å². The minimum Gasteiger partial charge on any atom is -0.475 e. The number of carbonyl (C=O) groups is 2. The number of ether oxygens (including phenoxy) is 2. The van der Waals surface area contributed by atoms with E-state index in [9.17, 15) is 26.3 Å². The number of carboxylic acid groups (broad SMARTS) is 2. The van der Waals surface area contributed by atoms with E-state index in [2.05, 4.69) is 41.7 Å². The van der Waals surface area contributed by atoms with Crippen molar-refractivity contribution < 1.29 is 55.6 Å². The number of alkyl halides is 6. The molecule has 2 aliphatic heterocycles. The van der Waals surface area contributed by atoms with Gasteiger partial charge in [0.2, 0.25) is 0 Å². The summed E-state index contributed by atoms with van der Waals surface area (Å²) in [7, 11) is 2.20. The van der Waals surface area contributed by atoms with Crippen molar-refractivity contribution in [3.8, 4) is 0 Å². The van der Waals surface area contributed by atoms with Gasteiger partial charge in [-0.1, -0.05) is 6.07 Å². The highest BCUT2D eigenvalue weighted by Crippen LogP contribution is 2.33. The van der Waals surface area contributed by atoms with E-state index in [-0.39, 0.29) is 5.60 Å². The summed E-state index contributed by atoms with van der Waals surface area (Å²) in [5, 5.41) is 14.2. The van der Waals surface area contributed by atoms with E-state index in [0.29, 0.717) is 12.0 Å². The molecule has 1 aromatic heterocycles. The molecule has 0 aromatic carbocycles. The third kappa shape index (κ3) is 12.4. The topological polar surface area (TPSA) is 112 Å². The molecule has 0 aliphatic carbocycles. The first kappa shape index (κ1) is 33.5. The van der Waals surface area contributed by atoms with Crippen molar-refractivity contribution in [2.45, 2.75) is 50.8 Å². The van der Waals surface area contributed by atoms with E-state index >= 15 is 0 Å². The molecular formula is C23H33F6N3O6. The minimum atomic E-state index is -5.08. The molecule has 2 atom stereocenters. The van der Waals surface area contributed by atoms with E-state index < -0.39 is 24.3 Å². The maximum absolute atomic E-state index is 10.6. The lowest BCUT2D eigenvalue weighted by atomic mass is 9.93. The molecule has 2 aliphatic rings. The SMILES string of the molecule is CC(C)N(C)CC1COC2(COCCN(Cc3cccnc3)C2)C1.O=C(O)C(F)(F)F.O=C(O)C(F)(F)F. The first-order valence-corrected chi connectivity index (χ1v) is 11.6. The highest BCUT2D eigenvalue weighted by atomic mass is 19.4. The smallest absolute Gasteiger partial charge is 0.475 e. The Bertz CT molecular complexity index is 847. The summed E-state index contributed by atoms with van der Waals surface area (Å²) in [5.74, 6) is -4.92. The Morgan fingerprint density at radius 1 is 1.18 bits per heavy atom. The molecule has 9 nitrogen and oxygen atoms in total. The van der Waals surface area contributed by atoms with Gasteiger partial charge in [0.1, 0.15) is 5.60 Å². The fraction of sp³-hybridized carbons (Fsp3) is 0.696. The first-order valence-electron chi connectivity index (χ1n) is 11.6. The molecule has 0 radical (unpaired) electrons. The second-order valence-corrected chi connectivity index (χ2v) is 9.33. The van der Waals surface area contributed by atoms with Gasteiger partial charge in [-0.15, -0.1) is 0 Å². The molecule has 2 N–H and O–H groups in total. The zero-order chi connectivity index (χ0) is 29.1. The molecule has 1 aromatic rings. The second kappa shape index (κ2) is 14.6. The number of aliphatic carboxylic acids is 2. The van der Waals surface area contributed by atoms with Crippen LogP contribution in [-0.2, 0) is 25.6 Å². The Balaban J connectivity index is 0.000000426. The summed E-state index contributed by atoms with van der Waals surface area (Å²) in [4.78, 5) is 26.9. The third-order valence-corrected chi connectivity index (χ3v) is 5.76. The van der Waals surface area contributed by atoms with Gasteiger partial charge in [0.15, 0.2) is 0 Å². The molecule has 38 heavy (non-hydrogen) atoms. The zero-order valence-corrected chi connectivity index (χ0v) is 21.3. The average molecular weight is 562 g/mol. The van der Waals surface area contributed by atoms with Gasteiger partial charge >= 0.3 is 24.3 Å². The van der Waals surface area contributed by atoms with Crippen LogP contribution in [-0.4, -0.2) is 107 Å². The molecule has 2 unspecified atom stereocenters. The fourth-order valence-electron chi connectivity index (χ4n) is 3.75. The number of carboxylic acids is 2. The van der Waals surface area contributed by atoms with Gasteiger partial charge in [-0.25, -0.2) is 9.59 Å². The zero-order valence-electron chi connectivity index (χ0n) is 21.3. The van der Waals surface area contributed by atoms with Crippen molar-refractivity contribution in [1.29, 1.82) is 0 Å². The van der Waals surface area contributed by atoms with Gasteiger partial charge in [-0.3, -0.25) is 9.88 Å². The monoisotopic (exact) mass is 561 g/mol. The quantitative estimate of drug-likeness (QED) is 0.523. The van der Waals surface area contributed by atoms with Crippen LogP contribution in [0.2, 0.25) is 0 Å². The predicted molar refractivity (Wildman–Crippen MR) is 122 cm³/mol. The Labute approximate surface area is 216 Å². The first-order chi connectivity index (χ1) is 17.4. The number of nitrogens with zero attached hydrogens (tertiary/aromatic N) is 3. The van der Waals surface area contributed by atoms with E-state index in [4.69, 9.17) is 29.3 Å². The summed E-state index contributed by atoms with van der Waals surface area (Å²) in [6.45, 7) is 10.8. The van der Waals surface area contributed by atoms with Gasteiger partial charge in [0, 0.05) is 44.6 Å². The summed E-state index contributed by atoms with van der Waals surface area (Å²) in [5.41, 5.74) is 1.12. The average Bonchev–Trinajstić information content (AvgIpc) is 3.07. The number of hydrogen-bond donors (Lipinski definition) is 2. The lowest BCUT2D eigenvalue weighted by Gasteiger charge is -2.31. The summed E-state index contributed by atoms with van der Waals surface area (Å²) >= 11 is 0. The van der Waals surface area contributed by atoms with Crippen LogP contribution in [0.3, 0.4) is 0 Å². The molecule has 3 heterocycles. The Hall–Kier alpha value is -2.49. The van der Waals surface area contributed by atoms with Crippen LogP contribution >= 0.6 is 0 Å². The van der Waals surface area contributed by atoms with Gasteiger partial charge in [-0.05, 0) is 44.9 Å². The highest BCUT2D eigenvalue weighted by molar-refractivity contribution is 5.73. The predicted octanol–water partition coefficient (Wildman–Crippen LogP) is 3.30. The van der Waals surface area contributed by atoms with Crippen LogP contribution in [0, 0.1) is 5.92 Å². The van der Waals surface area contributed by atoms with Crippen LogP contribution < -0.4 is 0 Å². The molecule has 1 spiro atoms. The summed E-state index contributed by atoms with van der Waals surface area (Å²) in [6.07, 6.45) is -5.30. The minimum absolute atomic E-state index is 0.138. The van der Waals surface area contributed by atoms with Crippen LogP contribution in [0.5, 0.6) is 0 Å². The van der Waals surface area contributed by atoms with Crippen molar-refractivity contribution in [3.63, 3.8) is 0 Å². The van der Waals surface area contributed by atoms with Gasteiger partial charge in [-0.2, -0.15) is 26.3 Å². The van der Waals surface area contributed by atoms with E-state index in [1.165, 1.54) is 5.56 Å². The molecule has 0 saturated carbocycles. The number of rotatable bonds is 5. The Morgan fingerprint density at radius 3 is 2.24 bits per heavy atom. The van der Waals surface area contributed by atoms with Crippen molar-refractivity contribution >= 4 is 11.9 Å². The van der Waals surface area contributed by atoms with Crippen LogP contribution in [0.15, 0.2) is 24.5 Å². The third-order valence-electron chi connectivity index (χ3n) is 5.76. The molecule has 218 valence electrons. The van der Waals surface area contributed by atoms with Crippen LogP contribution in [0.25, 0.3) is 0 Å². The summed E-state index contributed by atoms with van der Waals surface area (Å²) < 4.78 is 75.7. The van der Waals surface area contributed by atoms with E-state index in [0.717, 1.165) is 52.4 Å². The standard InChI is InChI=1S/C19H31N3O2.2C2HF3O2/c1-16(2)21(3)11-18-9-19(24-13-18)14-22(7-8-23-15-19)12-17-5-4-6-20-10-17;2*3-2(4,5)1(6)7/h4-6,10,16,18H,7-9,11-15H2,1-3H3;2*(H,6,7). The number of pyridine rings is 1. The van der Waals surface area contributed by atoms with Gasteiger partial charge in [0.25, 0.3) is 0 Å². The lowest BCUT2D eigenvalue weighted by Crippen LogP contribution is -2.44. The lowest BCUT2D eigenvalue weighted by molar-refractivity contribution is -0.193. The van der Waals surface area contributed by atoms with Gasteiger partial charge < -0.3 is 24.6 Å². The number of halogens is 6. The summed E-state index contributed by atoms with van der Waals surface area (Å²) in [6, 6.07) is 4.72.